The number of hydrogen-bond donors (Lipinski definition) is 0. The average molecular weight is 290 g/mol. The lowest BCUT2D eigenvalue weighted by Crippen LogP contribution is -2.40. The molecule has 0 bridgehead atoms. The fourth-order valence-corrected chi connectivity index (χ4v) is 4.71. The van der Waals surface area contributed by atoms with Crippen LogP contribution >= 0.6 is 0 Å². The van der Waals surface area contributed by atoms with Crippen LogP contribution in [0.2, 0.25) is 0 Å². The van der Waals surface area contributed by atoms with Crippen molar-refractivity contribution in [2.24, 2.45) is 22.2 Å². The maximum Gasteiger partial charge on any atom is 0.311 e. The van der Waals surface area contributed by atoms with Gasteiger partial charge in [-0.25, -0.2) is 0 Å². The van der Waals surface area contributed by atoms with Gasteiger partial charge in [0.1, 0.15) is 6.10 Å². The second kappa shape index (κ2) is 4.21. The number of ether oxygens (including phenoxy) is 1. The second-order valence-electron chi connectivity index (χ2n) is 8.60. The fourth-order valence-electron chi connectivity index (χ4n) is 4.71. The molecule has 2 fully saturated rings. The highest BCUT2D eigenvalue weighted by atomic mass is 16.5. The van der Waals surface area contributed by atoms with Gasteiger partial charge in [0.05, 0.1) is 5.41 Å². The van der Waals surface area contributed by atoms with E-state index in [4.69, 9.17) is 4.74 Å². The zero-order chi connectivity index (χ0) is 15.6. The van der Waals surface area contributed by atoms with E-state index < -0.39 is 5.41 Å². The minimum absolute atomic E-state index is 0.0178. The largest absolute Gasteiger partial charge is 0.461 e. The number of hydrogen-bond acceptors (Lipinski definition) is 3. The van der Waals surface area contributed by atoms with E-state index in [1.807, 2.05) is 26.8 Å². The van der Waals surface area contributed by atoms with Crippen LogP contribution < -0.4 is 0 Å². The van der Waals surface area contributed by atoms with Gasteiger partial charge in [0.15, 0.2) is 5.78 Å². The van der Waals surface area contributed by atoms with Gasteiger partial charge in [0, 0.05) is 11.8 Å². The molecule has 3 aliphatic rings. The highest BCUT2D eigenvalue weighted by molar-refractivity contribution is 5.94. The highest BCUT2D eigenvalue weighted by Gasteiger charge is 2.65. The van der Waals surface area contributed by atoms with Gasteiger partial charge in [-0.1, -0.05) is 19.4 Å². The molecule has 0 aliphatic heterocycles. The third-order valence-corrected chi connectivity index (χ3v) is 6.25. The second-order valence-corrected chi connectivity index (χ2v) is 8.60. The van der Waals surface area contributed by atoms with E-state index in [0.29, 0.717) is 12.3 Å². The van der Waals surface area contributed by atoms with Crippen LogP contribution in [0.1, 0.15) is 60.3 Å². The third kappa shape index (κ3) is 1.92. The lowest BCUT2D eigenvalue weighted by Gasteiger charge is -2.39. The molecule has 1 unspecified atom stereocenters. The van der Waals surface area contributed by atoms with Crippen LogP contribution in [0, 0.1) is 22.2 Å². The number of esters is 1. The summed E-state index contributed by atoms with van der Waals surface area (Å²) in [6, 6.07) is 0. The molecule has 0 saturated heterocycles. The van der Waals surface area contributed by atoms with Crippen LogP contribution in [0.25, 0.3) is 0 Å². The van der Waals surface area contributed by atoms with Gasteiger partial charge in [-0.3, -0.25) is 9.59 Å². The number of allylic oxidation sites excluding steroid dienone is 2. The van der Waals surface area contributed by atoms with Gasteiger partial charge < -0.3 is 4.74 Å². The van der Waals surface area contributed by atoms with Crippen molar-refractivity contribution >= 4 is 11.8 Å². The Hall–Kier alpha value is -1.12. The summed E-state index contributed by atoms with van der Waals surface area (Å²) in [5.74, 6) is 0.539. The van der Waals surface area contributed by atoms with Gasteiger partial charge in [0.2, 0.25) is 0 Å². The van der Waals surface area contributed by atoms with Gasteiger partial charge in [-0.2, -0.15) is 0 Å². The van der Waals surface area contributed by atoms with Gasteiger partial charge in [0.25, 0.3) is 0 Å². The van der Waals surface area contributed by atoms with Gasteiger partial charge in [-0.05, 0) is 57.4 Å². The molecule has 0 N–H and O–H groups in total. The lowest BCUT2D eigenvalue weighted by molar-refractivity contribution is -0.165. The first-order chi connectivity index (χ1) is 9.58. The molecule has 0 radical (unpaired) electrons. The van der Waals surface area contributed by atoms with E-state index in [1.54, 1.807) is 0 Å². The number of ketones is 1. The SMILES string of the molecule is CC(C)(C)C(=O)O[C@@H]1CC[C@]2(C)C3=CC(=O)CC3C[C@]12C. The van der Waals surface area contributed by atoms with E-state index in [0.717, 1.165) is 19.3 Å². The number of fused-ring (bicyclic) bond motifs is 3. The van der Waals surface area contributed by atoms with E-state index in [9.17, 15) is 9.59 Å². The minimum atomic E-state index is -0.459. The predicted octanol–water partition coefficient (Wildman–Crippen LogP) is 3.67. The van der Waals surface area contributed by atoms with Crippen molar-refractivity contribution in [3.8, 4) is 0 Å². The summed E-state index contributed by atoms with van der Waals surface area (Å²) in [4.78, 5) is 24.0. The zero-order valence-corrected chi connectivity index (χ0v) is 13.8. The Balaban J connectivity index is 1.88. The van der Waals surface area contributed by atoms with E-state index in [1.165, 1.54) is 5.57 Å². The maximum atomic E-state index is 12.3. The monoisotopic (exact) mass is 290 g/mol. The molecule has 3 aliphatic carbocycles. The molecule has 116 valence electrons. The van der Waals surface area contributed by atoms with Crippen molar-refractivity contribution in [3.05, 3.63) is 11.6 Å². The Morgan fingerprint density at radius 1 is 1.33 bits per heavy atom. The summed E-state index contributed by atoms with van der Waals surface area (Å²) in [6.45, 7) is 10.2. The van der Waals surface area contributed by atoms with Crippen LogP contribution in [0.3, 0.4) is 0 Å². The summed E-state index contributed by atoms with van der Waals surface area (Å²) in [7, 11) is 0. The first-order valence-corrected chi connectivity index (χ1v) is 8.04. The molecule has 2 saturated carbocycles. The van der Waals surface area contributed by atoms with Crippen molar-refractivity contribution in [2.45, 2.75) is 66.4 Å². The van der Waals surface area contributed by atoms with Crippen molar-refractivity contribution < 1.29 is 14.3 Å². The van der Waals surface area contributed by atoms with Crippen molar-refractivity contribution in [1.29, 1.82) is 0 Å². The predicted molar refractivity (Wildman–Crippen MR) is 80.6 cm³/mol. The summed E-state index contributed by atoms with van der Waals surface area (Å²) >= 11 is 0. The van der Waals surface area contributed by atoms with Crippen molar-refractivity contribution in [2.75, 3.05) is 0 Å². The molecule has 0 aromatic rings. The van der Waals surface area contributed by atoms with Crippen LogP contribution in [-0.4, -0.2) is 17.9 Å². The smallest absolute Gasteiger partial charge is 0.311 e. The van der Waals surface area contributed by atoms with E-state index in [-0.39, 0.29) is 28.7 Å². The molecule has 0 spiro atoms. The third-order valence-electron chi connectivity index (χ3n) is 6.25. The Labute approximate surface area is 127 Å². The summed E-state index contributed by atoms with van der Waals surface area (Å²) < 4.78 is 5.90. The molecular formula is C18H26O3. The topological polar surface area (TPSA) is 43.4 Å². The molecule has 0 amide bonds. The highest BCUT2D eigenvalue weighted by Crippen LogP contribution is 2.69. The molecule has 21 heavy (non-hydrogen) atoms. The Kier molecular flexibility index (Phi) is 2.96. The number of carbonyl (C=O) groups excluding carboxylic acids is 2. The van der Waals surface area contributed by atoms with E-state index in [2.05, 4.69) is 13.8 Å². The first-order valence-electron chi connectivity index (χ1n) is 8.04. The molecule has 3 nitrogen and oxygen atoms in total. The summed E-state index contributed by atoms with van der Waals surface area (Å²) in [5, 5.41) is 0. The van der Waals surface area contributed by atoms with E-state index >= 15 is 0 Å². The standard InChI is InChI=1S/C18H26O3/c1-16(2,3)15(20)21-14-6-7-17(4)13-9-12(19)8-11(13)10-18(14,17)5/h9,11,14H,6-8,10H2,1-5H3/t11?,14-,17-,18-/m1/s1. The Morgan fingerprint density at radius 3 is 2.62 bits per heavy atom. The van der Waals surface area contributed by atoms with Crippen LogP contribution in [-0.2, 0) is 14.3 Å². The van der Waals surface area contributed by atoms with Crippen molar-refractivity contribution in [3.63, 3.8) is 0 Å². The summed E-state index contributed by atoms with van der Waals surface area (Å²) in [5.41, 5.74) is 0.862. The van der Waals surface area contributed by atoms with Gasteiger partial charge in [-0.15, -0.1) is 0 Å². The molecule has 3 rings (SSSR count). The normalized spacial score (nSPS) is 41.8. The molecule has 4 atom stereocenters. The lowest BCUT2D eigenvalue weighted by atomic mass is 9.68. The maximum absolute atomic E-state index is 12.3. The fraction of sp³-hybridized carbons (Fsp3) is 0.778. The van der Waals surface area contributed by atoms with Crippen LogP contribution in [0.4, 0.5) is 0 Å². The summed E-state index contributed by atoms with van der Waals surface area (Å²) in [6.07, 6.45) is 5.41. The number of carbonyl (C=O) groups is 2. The Morgan fingerprint density at radius 2 is 2.00 bits per heavy atom. The van der Waals surface area contributed by atoms with Crippen LogP contribution in [0.5, 0.6) is 0 Å². The molecule has 0 aromatic carbocycles. The average Bonchev–Trinajstić information content (AvgIpc) is 2.88. The van der Waals surface area contributed by atoms with Crippen LogP contribution in [0.15, 0.2) is 11.6 Å². The first kappa shape index (κ1) is 14.8. The molecule has 0 heterocycles. The minimum Gasteiger partial charge on any atom is -0.461 e. The molecular weight excluding hydrogens is 264 g/mol. The van der Waals surface area contributed by atoms with Gasteiger partial charge >= 0.3 is 5.97 Å². The molecule has 0 aromatic heterocycles. The zero-order valence-electron chi connectivity index (χ0n) is 13.8. The quantitative estimate of drug-likeness (QED) is 0.692. The Bertz CT molecular complexity index is 539. The number of rotatable bonds is 1. The van der Waals surface area contributed by atoms with Crippen molar-refractivity contribution in [1.82, 2.24) is 0 Å². The molecule has 3 heteroatoms.